The zero-order chi connectivity index (χ0) is 29.3. The number of nitrogens with zero attached hydrogens (tertiary/aromatic N) is 2. The molecule has 0 bridgehead atoms. The minimum atomic E-state index is -0.814. The molecular weight excluding hydrogens is 723 g/mol. The SMILES string of the molecule is CCOC(=O)C1=C(C)N=c2s/c(=C/c3ccc(-c4ccc(I)cc4)o3)c(=O)n2[C@H]1c1cc(OC)c(OCC)cc1Br. The number of furan rings is 1. The molecule has 0 fully saturated rings. The Hall–Kier alpha value is -3.16. The van der Waals surface area contributed by atoms with Crippen LogP contribution >= 0.6 is 49.9 Å². The van der Waals surface area contributed by atoms with Gasteiger partial charge in [-0.2, -0.15) is 0 Å². The smallest absolute Gasteiger partial charge is 0.338 e. The molecule has 8 nitrogen and oxygen atoms in total. The van der Waals surface area contributed by atoms with Crippen LogP contribution in [0.5, 0.6) is 11.5 Å². The summed E-state index contributed by atoms with van der Waals surface area (Å²) in [5.41, 5.74) is 2.02. The van der Waals surface area contributed by atoms with E-state index in [9.17, 15) is 9.59 Å². The largest absolute Gasteiger partial charge is 0.493 e. The average molecular weight is 749 g/mol. The van der Waals surface area contributed by atoms with Crippen molar-refractivity contribution in [3.8, 4) is 22.8 Å². The van der Waals surface area contributed by atoms with Crippen LogP contribution in [0.25, 0.3) is 17.4 Å². The molecule has 0 radical (unpaired) electrons. The fourth-order valence-corrected chi connectivity index (χ4v) is 6.53. The minimum Gasteiger partial charge on any atom is -0.493 e. The number of carbonyl (C=O) groups is 1. The average Bonchev–Trinajstić information content (AvgIpc) is 3.53. The van der Waals surface area contributed by atoms with Crippen molar-refractivity contribution in [2.75, 3.05) is 20.3 Å². The summed E-state index contributed by atoms with van der Waals surface area (Å²) in [5.74, 6) is 1.71. The lowest BCUT2D eigenvalue weighted by Gasteiger charge is -2.26. The number of hydrogen-bond acceptors (Lipinski definition) is 8. The van der Waals surface area contributed by atoms with Crippen molar-refractivity contribution in [1.82, 2.24) is 4.57 Å². The van der Waals surface area contributed by atoms with Crippen LogP contribution < -0.4 is 24.4 Å². The first-order valence-electron chi connectivity index (χ1n) is 12.8. The summed E-state index contributed by atoms with van der Waals surface area (Å²) in [6, 6.07) is 14.4. The third kappa shape index (κ3) is 5.80. The molecule has 2 aromatic carbocycles. The van der Waals surface area contributed by atoms with E-state index in [4.69, 9.17) is 18.6 Å². The van der Waals surface area contributed by atoms with Crippen molar-refractivity contribution < 1.29 is 23.4 Å². The number of thiazole rings is 1. The highest BCUT2D eigenvalue weighted by atomic mass is 127. The summed E-state index contributed by atoms with van der Waals surface area (Å²) in [6.45, 7) is 6.00. The fraction of sp³-hybridized carbons (Fsp3) is 0.233. The maximum atomic E-state index is 14.0. The van der Waals surface area contributed by atoms with Gasteiger partial charge in [0.2, 0.25) is 0 Å². The first-order valence-corrected chi connectivity index (χ1v) is 15.5. The molecule has 1 atom stereocenters. The van der Waals surface area contributed by atoms with E-state index in [1.54, 1.807) is 39.2 Å². The quantitative estimate of drug-likeness (QED) is 0.166. The summed E-state index contributed by atoms with van der Waals surface area (Å²) in [7, 11) is 1.54. The number of methoxy groups -OCH3 is 1. The molecule has 4 aromatic rings. The molecule has 0 aliphatic carbocycles. The molecule has 0 saturated carbocycles. The first kappa shape index (κ1) is 29.3. The van der Waals surface area contributed by atoms with Crippen molar-refractivity contribution in [3.05, 3.63) is 98.9 Å². The van der Waals surface area contributed by atoms with Gasteiger partial charge in [0.1, 0.15) is 11.5 Å². The predicted molar refractivity (Wildman–Crippen MR) is 169 cm³/mol. The molecule has 0 N–H and O–H groups in total. The van der Waals surface area contributed by atoms with Gasteiger partial charge in [0.05, 0.1) is 42.2 Å². The Morgan fingerprint density at radius 1 is 1.15 bits per heavy atom. The molecule has 3 heterocycles. The number of rotatable bonds is 8. The van der Waals surface area contributed by atoms with Gasteiger partial charge in [-0.15, -0.1) is 0 Å². The first-order chi connectivity index (χ1) is 19.7. The highest BCUT2D eigenvalue weighted by Crippen LogP contribution is 2.41. The summed E-state index contributed by atoms with van der Waals surface area (Å²) in [5, 5.41) is 0. The topological polar surface area (TPSA) is 92.3 Å². The number of halogens is 2. The van der Waals surface area contributed by atoms with Gasteiger partial charge in [-0.1, -0.05) is 39.4 Å². The lowest BCUT2D eigenvalue weighted by Crippen LogP contribution is -2.40. The maximum Gasteiger partial charge on any atom is 0.338 e. The number of allylic oxidation sites excluding steroid dienone is 1. The molecular formula is C30H26BrIN2O6S. The van der Waals surface area contributed by atoms with Crippen LogP contribution in [-0.4, -0.2) is 30.9 Å². The van der Waals surface area contributed by atoms with E-state index < -0.39 is 12.0 Å². The Morgan fingerprint density at radius 2 is 1.90 bits per heavy atom. The number of carbonyl (C=O) groups excluding carboxylic acids is 1. The van der Waals surface area contributed by atoms with Gasteiger partial charge in [-0.25, -0.2) is 9.79 Å². The van der Waals surface area contributed by atoms with Crippen molar-refractivity contribution in [2.24, 2.45) is 4.99 Å². The van der Waals surface area contributed by atoms with Gasteiger partial charge in [0.15, 0.2) is 16.3 Å². The standard InChI is InChI=1S/C30H26BrIN2O6S/c1-5-38-24-15-21(31)20(14-23(24)37-4)27-26(29(36)39-6-2)16(3)33-30-34(27)28(35)25(41-30)13-19-11-12-22(40-19)17-7-9-18(32)10-8-17/h7-15,27H,5-6H2,1-4H3/b25-13+/t27-/m0/s1. The van der Waals surface area contributed by atoms with Crippen molar-refractivity contribution >= 4 is 61.9 Å². The van der Waals surface area contributed by atoms with E-state index in [0.29, 0.717) is 54.7 Å². The minimum absolute atomic E-state index is 0.182. The Kier molecular flexibility index (Phi) is 8.85. The van der Waals surface area contributed by atoms with Gasteiger partial charge in [-0.3, -0.25) is 9.36 Å². The second-order valence-electron chi connectivity index (χ2n) is 8.97. The number of aromatic nitrogens is 1. The molecule has 0 saturated heterocycles. The monoisotopic (exact) mass is 748 g/mol. The highest BCUT2D eigenvalue weighted by molar-refractivity contribution is 14.1. The summed E-state index contributed by atoms with van der Waals surface area (Å²) >= 11 is 7.13. The highest BCUT2D eigenvalue weighted by Gasteiger charge is 2.35. The van der Waals surface area contributed by atoms with Crippen LogP contribution in [-0.2, 0) is 9.53 Å². The number of ether oxygens (including phenoxy) is 3. The lowest BCUT2D eigenvalue weighted by molar-refractivity contribution is -0.139. The Morgan fingerprint density at radius 3 is 2.59 bits per heavy atom. The van der Waals surface area contributed by atoms with Crippen LogP contribution in [0.15, 0.2) is 78.5 Å². The number of esters is 1. The Balaban J connectivity index is 1.67. The van der Waals surface area contributed by atoms with Gasteiger partial charge >= 0.3 is 5.97 Å². The molecule has 41 heavy (non-hydrogen) atoms. The van der Waals surface area contributed by atoms with Crippen LogP contribution in [0.4, 0.5) is 0 Å². The number of benzene rings is 2. The normalized spacial score (nSPS) is 15.0. The second-order valence-corrected chi connectivity index (χ2v) is 12.1. The van der Waals surface area contributed by atoms with E-state index in [0.717, 1.165) is 9.13 Å². The Labute approximate surface area is 262 Å². The lowest BCUT2D eigenvalue weighted by atomic mass is 9.95. The third-order valence-corrected chi connectivity index (χ3v) is 8.81. The van der Waals surface area contributed by atoms with E-state index in [2.05, 4.69) is 43.5 Å². The van der Waals surface area contributed by atoms with Crippen LogP contribution in [0.2, 0.25) is 0 Å². The predicted octanol–water partition coefficient (Wildman–Crippen LogP) is 5.83. The van der Waals surface area contributed by atoms with Gasteiger partial charge in [0.25, 0.3) is 5.56 Å². The van der Waals surface area contributed by atoms with Gasteiger partial charge in [-0.05, 0) is 85.3 Å². The molecule has 1 aliphatic rings. The van der Waals surface area contributed by atoms with Crippen molar-refractivity contribution in [1.29, 1.82) is 0 Å². The molecule has 2 aromatic heterocycles. The molecule has 5 rings (SSSR count). The molecule has 11 heteroatoms. The van der Waals surface area contributed by atoms with Crippen LogP contribution in [0.1, 0.15) is 38.1 Å². The molecule has 212 valence electrons. The van der Waals surface area contributed by atoms with Crippen LogP contribution in [0, 0.1) is 3.57 Å². The summed E-state index contributed by atoms with van der Waals surface area (Å²) in [4.78, 5) is 32.3. The van der Waals surface area contributed by atoms with E-state index in [-0.39, 0.29) is 17.7 Å². The Bertz CT molecular complexity index is 1840. The number of hydrogen-bond donors (Lipinski definition) is 0. The van der Waals surface area contributed by atoms with E-state index in [1.807, 2.05) is 43.3 Å². The van der Waals surface area contributed by atoms with Gasteiger partial charge in [0, 0.05) is 19.7 Å². The van der Waals surface area contributed by atoms with Crippen molar-refractivity contribution in [2.45, 2.75) is 26.8 Å². The summed E-state index contributed by atoms with van der Waals surface area (Å²) in [6.07, 6.45) is 1.70. The van der Waals surface area contributed by atoms with E-state index >= 15 is 0 Å². The third-order valence-electron chi connectivity index (χ3n) is 6.42. The zero-order valence-corrected chi connectivity index (χ0v) is 27.3. The van der Waals surface area contributed by atoms with Gasteiger partial charge < -0.3 is 18.6 Å². The zero-order valence-electron chi connectivity index (χ0n) is 22.7. The fourth-order valence-electron chi connectivity index (χ4n) is 4.60. The molecule has 0 spiro atoms. The van der Waals surface area contributed by atoms with Crippen LogP contribution in [0.3, 0.4) is 0 Å². The molecule has 1 aliphatic heterocycles. The molecule has 0 unspecified atom stereocenters. The van der Waals surface area contributed by atoms with Crippen molar-refractivity contribution in [3.63, 3.8) is 0 Å². The molecule has 0 amide bonds. The maximum absolute atomic E-state index is 14.0. The summed E-state index contributed by atoms with van der Waals surface area (Å²) < 4.78 is 26.5. The van der Waals surface area contributed by atoms with E-state index in [1.165, 1.54) is 15.9 Å². The second kappa shape index (κ2) is 12.4. The number of fused-ring (bicyclic) bond motifs is 1.